The number of carbonyl (C=O) groups is 1. The summed E-state index contributed by atoms with van der Waals surface area (Å²) in [4.78, 5) is 11.7. The molecule has 0 unspecified atom stereocenters. The number of anilines is 1. The Morgan fingerprint density at radius 3 is 2.70 bits per heavy atom. The van der Waals surface area contributed by atoms with Gasteiger partial charge in [0.1, 0.15) is 0 Å². The van der Waals surface area contributed by atoms with Crippen LogP contribution in [0.1, 0.15) is 22.3 Å². The molecule has 5 nitrogen and oxygen atoms in total. The monoisotopic (exact) mass is 330 g/mol. The fourth-order valence-electron chi connectivity index (χ4n) is 2.65. The van der Waals surface area contributed by atoms with Gasteiger partial charge in [0.2, 0.25) is 15.9 Å². The summed E-state index contributed by atoms with van der Waals surface area (Å²) in [6.07, 6.45) is 0.340. The van der Waals surface area contributed by atoms with Crippen molar-refractivity contribution < 1.29 is 13.2 Å². The highest BCUT2D eigenvalue weighted by molar-refractivity contribution is 7.89. The van der Waals surface area contributed by atoms with Crippen LogP contribution in [0.4, 0.5) is 5.69 Å². The second-order valence-corrected chi connectivity index (χ2v) is 7.55. The van der Waals surface area contributed by atoms with E-state index >= 15 is 0 Å². The molecule has 2 N–H and O–H groups in total. The van der Waals surface area contributed by atoms with Crippen molar-refractivity contribution in [1.29, 1.82) is 0 Å². The highest BCUT2D eigenvalue weighted by atomic mass is 32.2. The van der Waals surface area contributed by atoms with Crippen LogP contribution in [0.3, 0.4) is 0 Å². The molecular weight excluding hydrogens is 312 g/mol. The van der Waals surface area contributed by atoms with Gasteiger partial charge in [0.05, 0.1) is 11.3 Å². The van der Waals surface area contributed by atoms with E-state index in [4.69, 9.17) is 0 Å². The van der Waals surface area contributed by atoms with E-state index in [2.05, 4.69) is 10.0 Å². The number of hydrogen-bond donors (Lipinski definition) is 2. The molecule has 0 atom stereocenters. The number of amides is 1. The lowest BCUT2D eigenvalue weighted by Gasteiger charge is -2.11. The predicted molar refractivity (Wildman–Crippen MR) is 88.7 cm³/mol. The van der Waals surface area contributed by atoms with Crippen LogP contribution in [0.25, 0.3) is 0 Å². The summed E-state index contributed by atoms with van der Waals surface area (Å²) in [6.45, 7) is 3.83. The number of aryl methyl sites for hydroxylation is 2. The number of benzene rings is 2. The third kappa shape index (κ3) is 3.28. The topological polar surface area (TPSA) is 75.3 Å². The first-order valence-corrected chi connectivity index (χ1v) is 8.82. The van der Waals surface area contributed by atoms with E-state index in [0.29, 0.717) is 16.9 Å². The fourth-order valence-corrected chi connectivity index (χ4v) is 3.99. The van der Waals surface area contributed by atoms with E-state index in [1.165, 1.54) is 0 Å². The van der Waals surface area contributed by atoms with E-state index in [9.17, 15) is 13.2 Å². The molecule has 1 aliphatic heterocycles. The molecule has 6 heteroatoms. The lowest BCUT2D eigenvalue weighted by atomic mass is 10.1. The third-order valence-electron chi connectivity index (χ3n) is 3.89. The van der Waals surface area contributed by atoms with Crippen LogP contribution >= 0.6 is 0 Å². The molecule has 0 fully saturated rings. The quantitative estimate of drug-likeness (QED) is 0.903. The van der Waals surface area contributed by atoms with Gasteiger partial charge in [-0.3, -0.25) is 4.79 Å². The molecule has 0 aliphatic carbocycles. The van der Waals surface area contributed by atoms with Crippen molar-refractivity contribution in [2.24, 2.45) is 0 Å². The average Bonchev–Trinajstić information content (AvgIpc) is 2.87. The maximum atomic E-state index is 12.5. The second-order valence-electron chi connectivity index (χ2n) is 5.81. The van der Waals surface area contributed by atoms with Crippen LogP contribution in [-0.4, -0.2) is 14.3 Å². The van der Waals surface area contributed by atoms with Crippen LogP contribution < -0.4 is 10.0 Å². The van der Waals surface area contributed by atoms with E-state index in [1.807, 2.05) is 31.2 Å². The Labute approximate surface area is 135 Å². The summed E-state index contributed by atoms with van der Waals surface area (Å²) < 4.78 is 27.6. The summed E-state index contributed by atoms with van der Waals surface area (Å²) in [5, 5.41) is 2.76. The lowest BCUT2D eigenvalue weighted by molar-refractivity contribution is -0.115. The van der Waals surface area contributed by atoms with Gasteiger partial charge in [-0.05, 0) is 48.2 Å². The Morgan fingerprint density at radius 1 is 1.13 bits per heavy atom. The van der Waals surface area contributed by atoms with Gasteiger partial charge < -0.3 is 5.32 Å². The van der Waals surface area contributed by atoms with Gasteiger partial charge in [0.25, 0.3) is 0 Å². The summed E-state index contributed by atoms with van der Waals surface area (Å²) in [5.74, 6) is -0.0342. The van der Waals surface area contributed by atoms with Gasteiger partial charge in [-0.1, -0.05) is 24.3 Å². The molecule has 0 saturated heterocycles. The smallest absolute Gasteiger partial charge is 0.241 e. The Hall–Kier alpha value is -2.18. The Morgan fingerprint density at radius 2 is 1.91 bits per heavy atom. The third-order valence-corrected chi connectivity index (χ3v) is 5.44. The zero-order valence-electron chi connectivity index (χ0n) is 13.0. The van der Waals surface area contributed by atoms with Crippen LogP contribution in [0.2, 0.25) is 0 Å². The molecule has 0 radical (unpaired) electrons. The molecule has 1 amide bonds. The maximum Gasteiger partial charge on any atom is 0.241 e. The minimum atomic E-state index is -3.57. The van der Waals surface area contributed by atoms with Gasteiger partial charge in [-0.2, -0.15) is 0 Å². The Balaban J connectivity index is 1.79. The molecule has 0 saturated carbocycles. The molecule has 1 aliphatic rings. The van der Waals surface area contributed by atoms with Crippen molar-refractivity contribution in [2.75, 3.05) is 5.32 Å². The van der Waals surface area contributed by atoms with Gasteiger partial charge in [-0.25, -0.2) is 13.1 Å². The van der Waals surface area contributed by atoms with Gasteiger partial charge >= 0.3 is 0 Å². The average molecular weight is 330 g/mol. The normalized spacial score (nSPS) is 13.7. The first-order chi connectivity index (χ1) is 10.8. The van der Waals surface area contributed by atoms with Crippen molar-refractivity contribution in [3.05, 3.63) is 58.7 Å². The second kappa shape index (κ2) is 5.79. The summed E-state index contributed by atoms with van der Waals surface area (Å²) in [5.41, 5.74) is 4.15. The van der Waals surface area contributed by atoms with Gasteiger partial charge in [0.15, 0.2) is 0 Å². The molecule has 3 rings (SSSR count). The zero-order chi connectivity index (χ0) is 16.6. The Bertz CT molecular complexity index is 889. The van der Waals surface area contributed by atoms with Crippen LogP contribution in [0.5, 0.6) is 0 Å². The summed E-state index contributed by atoms with van der Waals surface area (Å²) >= 11 is 0. The molecule has 0 aromatic heterocycles. The standard InChI is InChI=1S/C17H18N2O3S/c1-11-3-4-12(2)16(7-11)23(21,22)18-10-13-5-6-15-14(8-13)9-17(20)19-15/h3-8,18H,9-10H2,1-2H3,(H,19,20). The summed E-state index contributed by atoms with van der Waals surface area (Å²) in [6, 6.07) is 10.8. The fraction of sp³-hybridized carbons (Fsp3) is 0.235. The number of hydrogen-bond acceptors (Lipinski definition) is 3. The lowest BCUT2D eigenvalue weighted by Crippen LogP contribution is -2.24. The van der Waals surface area contributed by atoms with Crippen LogP contribution in [0, 0.1) is 13.8 Å². The van der Waals surface area contributed by atoms with Crippen molar-refractivity contribution in [2.45, 2.75) is 31.7 Å². The number of nitrogens with one attached hydrogen (secondary N) is 2. The zero-order valence-corrected chi connectivity index (χ0v) is 13.8. The minimum Gasteiger partial charge on any atom is -0.326 e. The Kier molecular flexibility index (Phi) is 3.95. The molecule has 1 heterocycles. The number of rotatable bonds is 4. The molecule has 0 bridgehead atoms. The highest BCUT2D eigenvalue weighted by Gasteiger charge is 2.19. The molecule has 0 spiro atoms. The van der Waals surface area contributed by atoms with Crippen molar-refractivity contribution in [3.63, 3.8) is 0 Å². The first-order valence-electron chi connectivity index (χ1n) is 7.34. The van der Waals surface area contributed by atoms with Gasteiger partial charge in [-0.15, -0.1) is 0 Å². The number of carbonyl (C=O) groups excluding carboxylic acids is 1. The van der Waals surface area contributed by atoms with Crippen molar-refractivity contribution >= 4 is 21.6 Å². The molecular formula is C17H18N2O3S. The SMILES string of the molecule is Cc1ccc(C)c(S(=O)(=O)NCc2ccc3c(c2)CC(=O)N3)c1. The minimum absolute atomic E-state index is 0.0342. The largest absolute Gasteiger partial charge is 0.326 e. The van der Waals surface area contributed by atoms with E-state index in [0.717, 1.165) is 22.4 Å². The first kappa shape index (κ1) is 15.7. The van der Waals surface area contributed by atoms with E-state index in [-0.39, 0.29) is 12.5 Å². The number of fused-ring (bicyclic) bond motifs is 1. The maximum absolute atomic E-state index is 12.5. The van der Waals surface area contributed by atoms with Crippen molar-refractivity contribution in [3.8, 4) is 0 Å². The number of sulfonamides is 1. The molecule has 2 aromatic carbocycles. The summed E-state index contributed by atoms with van der Waals surface area (Å²) in [7, 11) is -3.57. The molecule has 2 aromatic rings. The molecule has 23 heavy (non-hydrogen) atoms. The molecule has 120 valence electrons. The van der Waals surface area contributed by atoms with E-state index in [1.54, 1.807) is 19.1 Å². The van der Waals surface area contributed by atoms with Crippen LogP contribution in [0.15, 0.2) is 41.3 Å². The highest BCUT2D eigenvalue weighted by Crippen LogP contribution is 2.24. The van der Waals surface area contributed by atoms with Crippen LogP contribution in [-0.2, 0) is 27.8 Å². The van der Waals surface area contributed by atoms with Gasteiger partial charge in [0, 0.05) is 12.2 Å². The van der Waals surface area contributed by atoms with E-state index < -0.39 is 10.0 Å². The predicted octanol–water partition coefficient (Wildman–Crippen LogP) is 2.28. The van der Waals surface area contributed by atoms with Crippen molar-refractivity contribution in [1.82, 2.24) is 4.72 Å².